The Labute approximate surface area is 70.9 Å². The van der Waals surface area contributed by atoms with Crippen molar-refractivity contribution in [2.45, 2.75) is 0 Å². The molecule has 0 aliphatic rings. The molecule has 0 unspecified atom stereocenters. The molecule has 0 aliphatic carbocycles. The highest BCUT2D eigenvalue weighted by Crippen LogP contribution is 1.66. The Morgan fingerprint density at radius 2 is 2.10 bits per heavy atom. The van der Waals surface area contributed by atoms with Crippen molar-refractivity contribution in [1.29, 1.82) is 0 Å². The van der Waals surface area contributed by atoms with Crippen LogP contribution in [-0.4, -0.2) is 9.78 Å². The summed E-state index contributed by atoms with van der Waals surface area (Å²) in [5, 5.41) is 3.68. The highest BCUT2D eigenvalue weighted by molar-refractivity contribution is 5.85. The average Bonchev–Trinajstić information content (AvgIpc) is 1.77. The second kappa shape index (κ2) is 5.26. The van der Waals surface area contributed by atoms with Crippen LogP contribution in [0.25, 0.3) is 0 Å². The molecule has 1 heterocycles. The van der Waals surface area contributed by atoms with Crippen LogP contribution in [0, 0.1) is 0 Å². The largest absolute Gasteiger partial charge is 0.268 e. The first-order valence-electron chi connectivity index (χ1n) is 2.29. The van der Waals surface area contributed by atoms with Gasteiger partial charge in [0.15, 0.2) is 0 Å². The number of halogens is 2. The summed E-state index contributed by atoms with van der Waals surface area (Å²) < 4.78 is 1.28. The smallest absolute Gasteiger partial charge is 0.266 e. The Hall–Kier alpha value is -0.540. The van der Waals surface area contributed by atoms with Gasteiger partial charge in [-0.3, -0.25) is 4.79 Å². The van der Waals surface area contributed by atoms with Crippen LogP contribution >= 0.6 is 24.8 Å². The van der Waals surface area contributed by atoms with Crippen LogP contribution in [0.1, 0.15) is 0 Å². The molecule has 0 saturated carbocycles. The lowest BCUT2D eigenvalue weighted by Crippen LogP contribution is -2.16. The molecule has 58 valence electrons. The highest BCUT2D eigenvalue weighted by atomic mass is 35.5. The van der Waals surface area contributed by atoms with E-state index in [-0.39, 0.29) is 30.4 Å². The van der Waals surface area contributed by atoms with Gasteiger partial charge < -0.3 is 0 Å². The lowest BCUT2D eigenvalue weighted by molar-refractivity contribution is 0.707. The van der Waals surface area contributed by atoms with Gasteiger partial charge in [-0.1, -0.05) is 0 Å². The molecular weight excluding hydrogens is 175 g/mol. The molecule has 1 rings (SSSR count). The topological polar surface area (TPSA) is 34.9 Å². The molecule has 0 bridgehead atoms. The molecule has 10 heavy (non-hydrogen) atoms. The molecule has 0 aromatic carbocycles. The number of nitrogens with zero attached hydrogens (tertiary/aromatic N) is 2. The predicted octanol–water partition coefficient (Wildman–Crippen LogP) is 0.624. The van der Waals surface area contributed by atoms with E-state index in [9.17, 15) is 4.79 Å². The van der Waals surface area contributed by atoms with Crippen molar-refractivity contribution < 1.29 is 0 Å². The van der Waals surface area contributed by atoms with Gasteiger partial charge in [-0.2, -0.15) is 5.10 Å². The first-order chi connectivity index (χ1) is 3.80. The van der Waals surface area contributed by atoms with Crippen molar-refractivity contribution in [1.82, 2.24) is 9.78 Å². The second-order valence-electron chi connectivity index (χ2n) is 1.49. The summed E-state index contributed by atoms with van der Waals surface area (Å²) in [6.07, 6.45) is 1.57. The van der Waals surface area contributed by atoms with Crippen molar-refractivity contribution >= 4 is 24.8 Å². The van der Waals surface area contributed by atoms with Crippen molar-refractivity contribution in [2.75, 3.05) is 0 Å². The third-order valence-electron chi connectivity index (χ3n) is 0.884. The van der Waals surface area contributed by atoms with Gasteiger partial charge in [0.25, 0.3) is 5.56 Å². The molecule has 5 heteroatoms. The van der Waals surface area contributed by atoms with Crippen molar-refractivity contribution in [2.24, 2.45) is 7.05 Å². The normalized spacial score (nSPS) is 7.30. The molecule has 0 radical (unpaired) electrons. The zero-order valence-electron chi connectivity index (χ0n) is 5.35. The first-order valence-corrected chi connectivity index (χ1v) is 2.29. The summed E-state index contributed by atoms with van der Waals surface area (Å²) >= 11 is 0. The molecule has 0 saturated heterocycles. The quantitative estimate of drug-likeness (QED) is 0.591. The Bertz CT molecular complexity index is 235. The molecule has 0 aliphatic heterocycles. The molecule has 0 amide bonds. The van der Waals surface area contributed by atoms with Crippen LogP contribution in [-0.2, 0) is 7.05 Å². The van der Waals surface area contributed by atoms with Gasteiger partial charge >= 0.3 is 0 Å². The average molecular weight is 183 g/mol. The maximum atomic E-state index is 10.5. The minimum Gasteiger partial charge on any atom is -0.268 e. The van der Waals surface area contributed by atoms with Gasteiger partial charge in [-0.05, 0) is 6.07 Å². The SMILES string of the molecule is Cl.Cl.Cn1ncccc1=O. The molecule has 0 atom stereocenters. The summed E-state index contributed by atoms with van der Waals surface area (Å²) in [7, 11) is 1.61. The van der Waals surface area contributed by atoms with Crippen LogP contribution in [0.2, 0.25) is 0 Å². The van der Waals surface area contributed by atoms with Gasteiger partial charge in [-0.25, -0.2) is 4.68 Å². The zero-order valence-corrected chi connectivity index (χ0v) is 6.98. The predicted molar refractivity (Wildman–Crippen MR) is 44.0 cm³/mol. The van der Waals surface area contributed by atoms with E-state index >= 15 is 0 Å². The second-order valence-corrected chi connectivity index (χ2v) is 1.49. The van der Waals surface area contributed by atoms with Gasteiger partial charge in [0.2, 0.25) is 0 Å². The van der Waals surface area contributed by atoms with Crippen molar-refractivity contribution in [3.05, 3.63) is 28.7 Å². The Morgan fingerprint density at radius 1 is 1.50 bits per heavy atom. The molecule has 1 aromatic heterocycles. The van der Waals surface area contributed by atoms with E-state index in [2.05, 4.69) is 5.10 Å². The zero-order chi connectivity index (χ0) is 5.98. The van der Waals surface area contributed by atoms with E-state index in [4.69, 9.17) is 0 Å². The summed E-state index contributed by atoms with van der Waals surface area (Å²) in [5.74, 6) is 0. The van der Waals surface area contributed by atoms with E-state index in [1.54, 1.807) is 19.3 Å². The van der Waals surface area contributed by atoms with Gasteiger partial charge in [0.1, 0.15) is 0 Å². The summed E-state index contributed by atoms with van der Waals surface area (Å²) in [6.45, 7) is 0. The molecule has 0 spiro atoms. The first kappa shape index (κ1) is 12.2. The van der Waals surface area contributed by atoms with E-state index in [1.807, 2.05) is 0 Å². The van der Waals surface area contributed by atoms with E-state index in [1.165, 1.54) is 10.7 Å². The van der Waals surface area contributed by atoms with Gasteiger partial charge in [0, 0.05) is 19.3 Å². The molecule has 1 aromatic rings. The maximum absolute atomic E-state index is 10.5. The third-order valence-corrected chi connectivity index (χ3v) is 0.884. The number of hydrogen-bond acceptors (Lipinski definition) is 2. The van der Waals surface area contributed by atoms with Crippen LogP contribution < -0.4 is 5.56 Å². The van der Waals surface area contributed by atoms with E-state index in [0.717, 1.165) is 0 Å². The fourth-order valence-electron chi connectivity index (χ4n) is 0.429. The number of aryl methyl sites for hydroxylation is 1. The monoisotopic (exact) mass is 182 g/mol. The molecular formula is C5H8Cl2N2O. The summed E-state index contributed by atoms with van der Waals surface area (Å²) in [6, 6.07) is 3.08. The molecule has 3 nitrogen and oxygen atoms in total. The van der Waals surface area contributed by atoms with Crippen LogP contribution in [0.4, 0.5) is 0 Å². The number of hydrogen-bond donors (Lipinski definition) is 0. The fraction of sp³-hybridized carbons (Fsp3) is 0.200. The minimum absolute atomic E-state index is 0. The highest BCUT2D eigenvalue weighted by Gasteiger charge is 1.80. The third kappa shape index (κ3) is 2.85. The summed E-state index contributed by atoms with van der Waals surface area (Å²) in [5.41, 5.74) is -0.0764. The van der Waals surface area contributed by atoms with Gasteiger partial charge in [0.05, 0.1) is 0 Å². The maximum Gasteiger partial charge on any atom is 0.266 e. The Balaban J connectivity index is 0. The van der Waals surface area contributed by atoms with E-state index in [0.29, 0.717) is 0 Å². The van der Waals surface area contributed by atoms with Crippen LogP contribution in [0.15, 0.2) is 23.1 Å². The van der Waals surface area contributed by atoms with Crippen molar-refractivity contribution in [3.8, 4) is 0 Å². The standard InChI is InChI=1S/C5H6N2O.2ClH/c1-7-5(8)3-2-4-6-7;;/h2-4H,1H3;2*1H. The summed E-state index contributed by atoms with van der Waals surface area (Å²) in [4.78, 5) is 10.5. The number of rotatable bonds is 0. The van der Waals surface area contributed by atoms with E-state index < -0.39 is 0 Å². The fourth-order valence-corrected chi connectivity index (χ4v) is 0.429. The van der Waals surface area contributed by atoms with Crippen molar-refractivity contribution in [3.63, 3.8) is 0 Å². The Morgan fingerprint density at radius 3 is 2.40 bits per heavy atom. The Kier molecular flexibility index (Phi) is 6.40. The lowest BCUT2D eigenvalue weighted by atomic mass is 10.6. The van der Waals surface area contributed by atoms with Gasteiger partial charge in [-0.15, -0.1) is 24.8 Å². The molecule has 0 fully saturated rings. The molecule has 0 N–H and O–H groups in total. The lowest BCUT2D eigenvalue weighted by Gasteiger charge is -1.87. The minimum atomic E-state index is -0.0764. The van der Waals surface area contributed by atoms with Crippen LogP contribution in [0.5, 0.6) is 0 Å². The van der Waals surface area contributed by atoms with Crippen LogP contribution in [0.3, 0.4) is 0 Å². The number of aromatic nitrogens is 2.